The summed E-state index contributed by atoms with van der Waals surface area (Å²) in [5, 5.41) is 2.24. The maximum absolute atomic E-state index is 12.9. The molecule has 0 bridgehead atoms. The minimum atomic E-state index is 0.253. The van der Waals surface area contributed by atoms with E-state index < -0.39 is 0 Å². The van der Waals surface area contributed by atoms with Crippen LogP contribution in [0.1, 0.15) is 62.2 Å². The number of thioether (sulfide) groups is 1. The zero-order valence-electron chi connectivity index (χ0n) is 15.9. The van der Waals surface area contributed by atoms with Crippen molar-refractivity contribution in [1.82, 2.24) is 14.9 Å². The molecule has 1 amide bonds. The summed E-state index contributed by atoms with van der Waals surface area (Å²) in [6.45, 7) is 6.32. The monoisotopic (exact) mass is 389 g/mol. The number of aryl methyl sites for hydroxylation is 3. The minimum absolute atomic E-state index is 0.253. The molecule has 2 aromatic rings. The minimum Gasteiger partial charge on any atom is -0.337 e. The molecule has 0 radical (unpaired) electrons. The fourth-order valence-corrected chi connectivity index (χ4v) is 6.79. The smallest absolute Gasteiger partial charge is 0.233 e. The van der Waals surface area contributed by atoms with Crippen molar-refractivity contribution >= 4 is 39.2 Å². The van der Waals surface area contributed by atoms with Gasteiger partial charge in [-0.3, -0.25) is 4.79 Å². The van der Waals surface area contributed by atoms with Gasteiger partial charge < -0.3 is 4.90 Å². The molecular formula is C20H27N3OS2. The van der Waals surface area contributed by atoms with Crippen LogP contribution in [0, 0.1) is 6.92 Å². The van der Waals surface area contributed by atoms with E-state index in [1.54, 1.807) is 11.8 Å². The van der Waals surface area contributed by atoms with Crippen LogP contribution in [0.4, 0.5) is 0 Å². The van der Waals surface area contributed by atoms with E-state index in [2.05, 4.69) is 23.7 Å². The molecule has 6 heteroatoms. The molecule has 140 valence electrons. The lowest BCUT2D eigenvalue weighted by Crippen LogP contribution is -2.48. The maximum atomic E-state index is 12.9. The Labute approximate surface area is 163 Å². The van der Waals surface area contributed by atoms with Gasteiger partial charge >= 0.3 is 0 Å². The molecule has 26 heavy (non-hydrogen) atoms. The summed E-state index contributed by atoms with van der Waals surface area (Å²) in [5.41, 5.74) is 1.45. The lowest BCUT2D eigenvalue weighted by atomic mass is 9.97. The van der Waals surface area contributed by atoms with Gasteiger partial charge in [0.25, 0.3) is 0 Å². The normalized spacial score (nSPS) is 23.3. The number of rotatable bonds is 3. The standard InChI is InChI=1S/C20H27N3OS2/c1-12-7-6-8-13(2)23(12)17(24)11-25-19-18-15-9-4-5-10-16(15)26-20(18)22-14(3)21-19/h12-13H,4-11H2,1-3H3/t12-,13-/m0/s1. The Morgan fingerprint density at radius 3 is 2.65 bits per heavy atom. The number of hydrogen-bond acceptors (Lipinski definition) is 5. The summed E-state index contributed by atoms with van der Waals surface area (Å²) in [7, 11) is 0. The molecule has 4 rings (SSSR count). The first kappa shape index (κ1) is 18.2. The highest BCUT2D eigenvalue weighted by molar-refractivity contribution is 8.00. The highest BCUT2D eigenvalue weighted by Crippen LogP contribution is 2.39. The predicted molar refractivity (Wildman–Crippen MR) is 109 cm³/mol. The third kappa shape index (κ3) is 3.38. The fraction of sp³-hybridized carbons (Fsp3) is 0.650. The predicted octanol–water partition coefficient (Wildman–Crippen LogP) is 4.76. The van der Waals surface area contributed by atoms with E-state index in [4.69, 9.17) is 4.98 Å². The van der Waals surface area contributed by atoms with Gasteiger partial charge in [-0.25, -0.2) is 9.97 Å². The molecule has 1 aliphatic heterocycles. The third-order valence-corrected chi connectivity index (χ3v) is 7.85. The van der Waals surface area contributed by atoms with Crippen LogP contribution < -0.4 is 0 Å². The summed E-state index contributed by atoms with van der Waals surface area (Å²) >= 11 is 3.44. The molecule has 3 heterocycles. The quantitative estimate of drug-likeness (QED) is 0.561. The van der Waals surface area contributed by atoms with E-state index in [9.17, 15) is 4.79 Å². The molecule has 2 aliphatic rings. The molecule has 0 saturated carbocycles. The van der Waals surface area contributed by atoms with Crippen LogP contribution in [0.5, 0.6) is 0 Å². The van der Waals surface area contributed by atoms with Gasteiger partial charge in [0.15, 0.2) is 0 Å². The number of piperidine rings is 1. The molecule has 1 saturated heterocycles. The van der Waals surface area contributed by atoms with Crippen LogP contribution in [-0.4, -0.2) is 38.6 Å². The van der Waals surface area contributed by atoms with Gasteiger partial charge in [-0.1, -0.05) is 11.8 Å². The lowest BCUT2D eigenvalue weighted by molar-refractivity contribution is -0.134. The highest BCUT2D eigenvalue weighted by Gasteiger charge is 2.29. The maximum Gasteiger partial charge on any atom is 0.233 e. The van der Waals surface area contributed by atoms with E-state index in [1.165, 1.54) is 41.5 Å². The first-order valence-corrected chi connectivity index (χ1v) is 11.6. The van der Waals surface area contributed by atoms with Crippen molar-refractivity contribution in [1.29, 1.82) is 0 Å². The van der Waals surface area contributed by atoms with E-state index >= 15 is 0 Å². The van der Waals surface area contributed by atoms with E-state index in [1.807, 2.05) is 18.3 Å². The second-order valence-electron chi connectivity index (χ2n) is 7.69. The Hall–Kier alpha value is -1.14. The van der Waals surface area contributed by atoms with Crippen LogP contribution >= 0.6 is 23.1 Å². The summed E-state index contributed by atoms with van der Waals surface area (Å²) in [5.74, 6) is 1.54. The Bertz CT molecular complexity index is 822. The van der Waals surface area contributed by atoms with Crippen molar-refractivity contribution < 1.29 is 4.79 Å². The molecule has 1 aliphatic carbocycles. The van der Waals surface area contributed by atoms with Gasteiger partial charge in [-0.15, -0.1) is 11.3 Å². The largest absolute Gasteiger partial charge is 0.337 e. The Kier molecular flexibility index (Phi) is 5.24. The SMILES string of the molecule is Cc1nc(SCC(=O)N2[C@@H](C)CCC[C@@H]2C)c2c3c(sc2n1)CCCC3. The molecule has 1 fully saturated rings. The summed E-state index contributed by atoms with van der Waals surface area (Å²) in [6.07, 6.45) is 8.29. The van der Waals surface area contributed by atoms with Gasteiger partial charge in [-0.05, 0) is 71.3 Å². The van der Waals surface area contributed by atoms with Gasteiger partial charge in [0.2, 0.25) is 5.91 Å². The molecule has 4 nitrogen and oxygen atoms in total. The number of aromatic nitrogens is 2. The number of nitrogens with zero attached hydrogens (tertiary/aromatic N) is 3. The first-order chi connectivity index (χ1) is 12.5. The highest BCUT2D eigenvalue weighted by atomic mass is 32.2. The summed E-state index contributed by atoms with van der Waals surface area (Å²) in [4.78, 5) is 27.0. The second-order valence-corrected chi connectivity index (χ2v) is 9.73. The molecule has 2 aromatic heterocycles. The first-order valence-electron chi connectivity index (χ1n) is 9.77. The van der Waals surface area contributed by atoms with E-state index in [-0.39, 0.29) is 5.91 Å². The molecule has 2 atom stereocenters. The number of thiophene rings is 1. The third-order valence-electron chi connectivity index (χ3n) is 5.71. The summed E-state index contributed by atoms with van der Waals surface area (Å²) < 4.78 is 0. The zero-order valence-corrected chi connectivity index (χ0v) is 17.5. The molecule has 0 spiro atoms. The van der Waals surface area contributed by atoms with Crippen LogP contribution in [0.25, 0.3) is 10.2 Å². The zero-order chi connectivity index (χ0) is 18.3. The van der Waals surface area contributed by atoms with Crippen molar-refractivity contribution in [2.45, 2.75) is 82.8 Å². The number of carbonyl (C=O) groups excluding carboxylic acids is 1. The van der Waals surface area contributed by atoms with Crippen molar-refractivity contribution in [3.05, 3.63) is 16.3 Å². The van der Waals surface area contributed by atoms with Gasteiger partial charge in [0, 0.05) is 22.3 Å². The molecule has 0 N–H and O–H groups in total. The van der Waals surface area contributed by atoms with Crippen LogP contribution in [0.15, 0.2) is 5.03 Å². The van der Waals surface area contributed by atoms with Crippen LogP contribution in [0.2, 0.25) is 0 Å². The Morgan fingerprint density at radius 1 is 1.15 bits per heavy atom. The average Bonchev–Trinajstić information content (AvgIpc) is 2.97. The van der Waals surface area contributed by atoms with E-state index in [0.29, 0.717) is 17.8 Å². The second kappa shape index (κ2) is 7.47. The van der Waals surface area contributed by atoms with Crippen molar-refractivity contribution in [2.75, 3.05) is 5.75 Å². The number of fused-ring (bicyclic) bond motifs is 3. The van der Waals surface area contributed by atoms with Crippen molar-refractivity contribution in [3.63, 3.8) is 0 Å². The van der Waals surface area contributed by atoms with Crippen LogP contribution in [0.3, 0.4) is 0 Å². The van der Waals surface area contributed by atoms with Crippen LogP contribution in [-0.2, 0) is 17.6 Å². The van der Waals surface area contributed by atoms with Gasteiger partial charge in [0.1, 0.15) is 15.7 Å². The Morgan fingerprint density at radius 2 is 1.88 bits per heavy atom. The fourth-order valence-electron chi connectivity index (χ4n) is 4.45. The van der Waals surface area contributed by atoms with E-state index in [0.717, 1.165) is 34.9 Å². The number of amides is 1. The van der Waals surface area contributed by atoms with Gasteiger partial charge in [-0.2, -0.15) is 0 Å². The lowest BCUT2D eigenvalue weighted by Gasteiger charge is -2.39. The topological polar surface area (TPSA) is 46.1 Å². The summed E-state index contributed by atoms with van der Waals surface area (Å²) in [6, 6.07) is 0.709. The molecule has 0 aromatic carbocycles. The van der Waals surface area contributed by atoms with Crippen molar-refractivity contribution in [3.8, 4) is 0 Å². The van der Waals surface area contributed by atoms with Crippen molar-refractivity contribution in [2.24, 2.45) is 0 Å². The number of carbonyl (C=O) groups is 1. The Balaban J connectivity index is 1.59. The number of hydrogen-bond donors (Lipinski definition) is 0. The molecule has 0 unspecified atom stereocenters. The molecular weight excluding hydrogens is 362 g/mol. The number of likely N-dealkylation sites (tertiary alicyclic amines) is 1. The average molecular weight is 390 g/mol. The van der Waals surface area contributed by atoms with Gasteiger partial charge in [0.05, 0.1) is 5.75 Å².